The van der Waals surface area contributed by atoms with Crippen LogP contribution in [0.1, 0.15) is 4.88 Å². The zero-order valence-electron chi connectivity index (χ0n) is 24.9. The van der Waals surface area contributed by atoms with Crippen LogP contribution < -0.4 is 0 Å². The average Bonchev–Trinajstić information content (AvgIpc) is 2.90. The third kappa shape index (κ3) is 15.7. The summed E-state index contributed by atoms with van der Waals surface area (Å²) in [4.78, 5) is -1.36. The maximum atomic E-state index is 12.9. The van der Waals surface area contributed by atoms with Gasteiger partial charge in [0, 0.05) is 38.4 Å². The van der Waals surface area contributed by atoms with Gasteiger partial charge in [-0.1, -0.05) is 20.7 Å². The molecule has 0 aromatic carbocycles. The van der Waals surface area contributed by atoms with Crippen LogP contribution in [0.15, 0.2) is 5.38 Å². The predicted octanol–water partition coefficient (Wildman–Crippen LogP) is 11.2. The molecule has 1 rings (SSSR count). The van der Waals surface area contributed by atoms with Crippen LogP contribution >= 0.6 is 34.2 Å². The van der Waals surface area contributed by atoms with Crippen molar-refractivity contribution in [1.29, 1.82) is 0 Å². The summed E-state index contributed by atoms with van der Waals surface area (Å²) >= 11 is 15.3. The second-order valence-electron chi connectivity index (χ2n) is 8.84. The molecule has 1 aromatic rings. The van der Waals surface area contributed by atoms with Crippen molar-refractivity contribution in [2.45, 2.75) is 82.6 Å². The Bertz CT molecular complexity index is 1200. The number of alkyl halides is 28. The van der Waals surface area contributed by atoms with E-state index in [-0.39, 0.29) is 62.7 Å². The molecule has 2 atom stereocenters. The van der Waals surface area contributed by atoms with Crippen LogP contribution in [-0.2, 0) is 89.2 Å². The Balaban J connectivity index is -0.000000150. The molecule has 1 aromatic heterocycles. The van der Waals surface area contributed by atoms with Crippen molar-refractivity contribution >= 4 is 84.7 Å². The maximum Gasteiger partial charge on any atom is 0.443 e. The van der Waals surface area contributed by atoms with Gasteiger partial charge in [0.2, 0.25) is 0 Å². The molecule has 37 heteroatoms. The SMILES string of the molecule is C#CC(F)(C(F)(F)F)C(F)(F)F.FC(F)(F)C(F)(C([S-])C[S-])C(F)(F)F.FC(F)(F)C(F)(C([S-])C[S-])C(F)(F)F.FC(F)(F)C(F)(c1css1)C(F)(F)F.S.[Ni].[Ni]. The number of halogens is 28. The number of terminal acetylenes is 1. The van der Waals surface area contributed by atoms with E-state index in [9.17, 15) is 123 Å². The van der Waals surface area contributed by atoms with E-state index in [1.54, 1.807) is 0 Å². The van der Waals surface area contributed by atoms with Gasteiger partial charge in [0.15, 0.2) is 0 Å². The zero-order chi connectivity index (χ0) is 45.0. The van der Waals surface area contributed by atoms with Gasteiger partial charge in [-0.3, -0.25) is 0 Å². The quantitative estimate of drug-likeness (QED) is 0.0947. The van der Waals surface area contributed by atoms with Gasteiger partial charge in [0.1, 0.15) is 0 Å². The standard InChI is InChI=1S/C5HF7S2.2C5H5F7S2.C5HF7.2Ni.H2S/c6-3(4(7,8)9,5(10,11)12)2-1-13-14-2;2*6-3(2(14)1-13,4(7,8)9)5(10,11)12;1-2-3(6,4(7,8)9)5(10,11)12;;;/h1H;2*2,13-14H,1H2;1H;;;1H2/p-4. The Morgan fingerprint density at radius 1 is 0.474 bits per heavy atom. The summed E-state index contributed by atoms with van der Waals surface area (Å²) in [5.74, 6) is -2.25. The van der Waals surface area contributed by atoms with Crippen LogP contribution in [0.5, 0.6) is 0 Å². The fourth-order valence-electron chi connectivity index (χ4n) is 2.28. The largest absolute Gasteiger partial charge is 0.794 e. The monoisotopic (exact) mass is 1120 g/mol. The molecular formula is C20H10F28Ni2S7-4. The third-order valence-electron chi connectivity index (χ3n) is 5.23. The fourth-order valence-corrected chi connectivity index (χ4v) is 4.90. The summed E-state index contributed by atoms with van der Waals surface area (Å²) in [6.45, 7) is 0. The predicted molar refractivity (Wildman–Crippen MR) is 151 cm³/mol. The Kier molecular flexibility index (Phi) is 27.6. The van der Waals surface area contributed by atoms with Gasteiger partial charge in [-0.2, -0.15) is 130 Å². The fraction of sp³-hybridized carbons (Fsp3) is 0.800. The number of hydrogen-bond donors (Lipinski definition) is 0. The van der Waals surface area contributed by atoms with Crippen molar-refractivity contribution in [2.24, 2.45) is 0 Å². The first kappa shape index (κ1) is 69.2. The van der Waals surface area contributed by atoms with Gasteiger partial charge in [-0.25, -0.2) is 17.6 Å². The van der Waals surface area contributed by atoms with E-state index in [0.29, 0.717) is 15.7 Å². The van der Waals surface area contributed by atoms with Crippen LogP contribution in [0.25, 0.3) is 0 Å². The van der Waals surface area contributed by atoms with E-state index in [1.165, 1.54) is 0 Å². The minimum absolute atomic E-state index is 0. The van der Waals surface area contributed by atoms with E-state index in [0.717, 1.165) is 0 Å². The second kappa shape index (κ2) is 22.7. The molecule has 57 heavy (non-hydrogen) atoms. The van der Waals surface area contributed by atoms with E-state index in [1.807, 2.05) is 0 Å². The summed E-state index contributed by atoms with van der Waals surface area (Å²) in [6, 6.07) is 0. The second-order valence-corrected chi connectivity index (χ2v) is 12.8. The molecule has 0 aliphatic carbocycles. The minimum atomic E-state index is -6.14. The molecule has 1 heterocycles. The third-order valence-corrected chi connectivity index (χ3v) is 9.58. The molecule has 2 unspecified atom stereocenters. The van der Waals surface area contributed by atoms with Gasteiger partial charge >= 0.3 is 60.7 Å². The van der Waals surface area contributed by atoms with E-state index < -0.39 is 99.0 Å². The van der Waals surface area contributed by atoms with Crippen molar-refractivity contribution in [1.82, 2.24) is 0 Å². The number of hydrogen-bond acceptors (Lipinski definition) is 6. The molecule has 0 nitrogen and oxygen atoms in total. The molecule has 352 valence electrons. The Hall–Kier alpha value is 0.517. The first-order valence-electron chi connectivity index (χ1n) is 11.4. The average molecular weight is 1120 g/mol. The molecule has 0 aliphatic heterocycles. The summed E-state index contributed by atoms with van der Waals surface area (Å²) in [5, 5.41) is -5.00. The summed E-state index contributed by atoms with van der Waals surface area (Å²) in [5.41, 5.74) is -21.6. The van der Waals surface area contributed by atoms with Crippen LogP contribution in [0.2, 0.25) is 0 Å². The van der Waals surface area contributed by atoms with Crippen LogP contribution in [0, 0.1) is 12.3 Å². The molecule has 0 fully saturated rings. The first-order valence-corrected chi connectivity index (χ1v) is 15.7. The van der Waals surface area contributed by atoms with E-state index in [2.05, 4.69) is 56.9 Å². The smallest absolute Gasteiger partial charge is 0.443 e. The Labute approximate surface area is 355 Å². The van der Waals surface area contributed by atoms with Gasteiger partial charge in [0.05, 0.1) is 4.88 Å². The van der Waals surface area contributed by atoms with Gasteiger partial charge in [-0.15, -0.1) is 16.9 Å². The number of rotatable bonds is 5. The van der Waals surface area contributed by atoms with E-state index in [4.69, 9.17) is 0 Å². The zero-order valence-corrected chi connectivity index (χ0v) is 32.8. The Morgan fingerprint density at radius 3 is 0.719 bits per heavy atom. The molecule has 0 spiro atoms. The van der Waals surface area contributed by atoms with Gasteiger partial charge in [-0.05, 0) is 5.92 Å². The molecule has 0 saturated heterocycles. The van der Waals surface area contributed by atoms with Crippen molar-refractivity contribution in [3.05, 3.63) is 10.3 Å². The molecule has 0 radical (unpaired) electrons. The molecule has 0 aliphatic rings. The van der Waals surface area contributed by atoms with Crippen molar-refractivity contribution in [3.63, 3.8) is 0 Å². The molecule has 0 saturated carbocycles. The first-order chi connectivity index (χ1) is 23.1. The molecule has 0 amide bonds. The van der Waals surface area contributed by atoms with Crippen molar-refractivity contribution in [3.8, 4) is 12.3 Å². The summed E-state index contributed by atoms with van der Waals surface area (Å²) < 4.78 is 332. The minimum Gasteiger partial charge on any atom is -0.794 e. The molecular weight excluding hydrogens is 1110 g/mol. The molecule has 0 bridgehead atoms. The van der Waals surface area contributed by atoms with Gasteiger partial charge < -0.3 is 50.5 Å². The van der Waals surface area contributed by atoms with Crippen LogP contribution in [0.4, 0.5) is 123 Å². The summed E-state index contributed by atoms with van der Waals surface area (Å²) in [6.07, 6.45) is -44.8. The van der Waals surface area contributed by atoms with Crippen LogP contribution in [0.3, 0.4) is 0 Å². The van der Waals surface area contributed by atoms with Crippen molar-refractivity contribution < 1.29 is 156 Å². The summed E-state index contributed by atoms with van der Waals surface area (Å²) in [7, 11) is 0.748. The van der Waals surface area contributed by atoms with Crippen LogP contribution in [-0.4, -0.2) is 88.4 Å². The van der Waals surface area contributed by atoms with E-state index >= 15 is 0 Å². The molecule has 0 N–H and O–H groups in total. The van der Waals surface area contributed by atoms with Crippen molar-refractivity contribution in [2.75, 3.05) is 11.5 Å². The Morgan fingerprint density at radius 2 is 0.684 bits per heavy atom. The topological polar surface area (TPSA) is 0 Å². The maximum absolute atomic E-state index is 12.9. The van der Waals surface area contributed by atoms with Gasteiger partial charge in [0.25, 0.3) is 11.3 Å². The normalized spacial score (nSPS) is 14.9.